The van der Waals surface area contributed by atoms with Crippen molar-refractivity contribution in [2.24, 2.45) is 5.73 Å². The Kier molecular flexibility index (Phi) is 29.8. The summed E-state index contributed by atoms with van der Waals surface area (Å²) in [4.78, 5) is 0. The minimum atomic E-state index is -3.85. The minimum Gasteiger partial charge on any atom is -0.333 e. The molecule has 0 aromatic heterocycles. The van der Waals surface area contributed by atoms with Crippen molar-refractivity contribution in [2.75, 3.05) is 13.7 Å². The molecule has 2 N–H and O–H groups in total. The molecule has 0 heterocycles. The molecule has 0 radical (unpaired) electrons. The zero-order chi connectivity index (χ0) is 25.0. The predicted octanol–water partition coefficient (Wildman–Crippen LogP) is 8.46. The molecule has 0 saturated heterocycles. The molecular weight excluding hydrogens is 434 g/mol. The van der Waals surface area contributed by atoms with Crippen LogP contribution in [0.5, 0.6) is 0 Å². The summed E-state index contributed by atoms with van der Waals surface area (Å²) in [6.45, 7) is 6.61. The van der Waals surface area contributed by atoms with Crippen LogP contribution in [0.3, 0.4) is 0 Å². The van der Waals surface area contributed by atoms with Crippen molar-refractivity contribution in [2.45, 2.75) is 162 Å². The van der Waals surface area contributed by atoms with E-state index in [0.717, 1.165) is 44.9 Å². The van der Waals surface area contributed by atoms with Gasteiger partial charge in [-0.15, -0.1) is 0 Å². The molecule has 0 aliphatic carbocycles. The van der Waals surface area contributed by atoms with Gasteiger partial charge in [-0.25, -0.2) is 8.37 Å². The van der Waals surface area contributed by atoms with Gasteiger partial charge in [-0.3, -0.25) is 0 Å². The maximum Gasteiger partial charge on any atom is 0.400 e. The van der Waals surface area contributed by atoms with Gasteiger partial charge in [0.2, 0.25) is 0 Å². The molecule has 0 bridgehead atoms. The van der Waals surface area contributed by atoms with Crippen LogP contribution in [-0.4, -0.2) is 28.2 Å². The number of nitrogens with two attached hydrogens (primary N) is 1. The van der Waals surface area contributed by atoms with E-state index in [9.17, 15) is 8.42 Å². The Balaban J connectivity index is 0. The number of hydrogen-bond acceptors (Lipinski definition) is 5. The van der Waals surface area contributed by atoms with Crippen LogP contribution in [0.4, 0.5) is 0 Å². The van der Waals surface area contributed by atoms with E-state index >= 15 is 0 Å². The summed E-state index contributed by atoms with van der Waals surface area (Å²) in [5.74, 6) is 0. The molecule has 0 rings (SSSR count). The molecule has 0 fully saturated rings. The first-order valence-corrected chi connectivity index (χ1v) is 15.5. The summed E-state index contributed by atoms with van der Waals surface area (Å²) < 4.78 is 34.1. The third-order valence-electron chi connectivity index (χ3n) is 6.06. The summed E-state index contributed by atoms with van der Waals surface area (Å²) in [7, 11) is -2.35. The fourth-order valence-electron chi connectivity index (χ4n) is 3.95. The third-order valence-corrected chi connectivity index (χ3v) is 7.03. The van der Waals surface area contributed by atoms with Gasteiger partial charge in [-0.05, 0) is 26.3 Å². The van der Waals surface area contributed by atoms with Gasteiger partial charge in [0.05, 0.1) is 12.7 Å². The Morgan fingerprint density at radius 2 is 0.939 bits per heavy atom. The van der Waals surface area contributed by atoms with E-state index in [1.165, 1.54) is 90.5 Å². The van der Waals surface area contributed by atoms with Gasteiger partial charge in [0.15, 0.2) is 0 Å². The average molecular weight is 494 g/mol. The van der Waals surface area contributed by atoms with E-state index in [1.807, 2.05) is 6.92 Å². The topological polar surface area (TPSA) is 78.6 Å². The van der Waals surface area contributed by atoms with E-state index in [4.69, 9.17) is 8.37 Å². The van der Waals surface area contributed by atoms with E-state index in [-0.39, 0.29) is 12.7 Å². The Hall–Kier alpha value is -0.170. The second kappa shape index (κ2) is 28.1. The van der Waals surface area contributed by atoms with Gasteiger partial charge in [0.1, 0.15) is 0 Å². The van der Waals surface area contributed by atoms with Crippen LogP contribution in [0.15, 0.2) is 0 Å². The monoisotopic (exact) mass is 493 g/mol. The highest BCUT2D eigenvalue weighted by molar-refractivity contribution is 7.81. The lowest BCUT2D eigenvalue weighted by atomic mass is 10.0. The van der Waals surface area contributed by atoms with Crippen molar-refractivity contribution in [1.29, 1.82) is 0 Å². The largest absolute Gasteiger partial charge is 0.400 e. The van der Waals surface area contributed by atoms with E-state index in [2.05, 4.69) is 19.6 Å². The molecule has 1 atom stereocenters. The van der Waals surface area contributed by atoms with Crippen molar-refractivity contribution in [1.82, 2.24) is 0 Å². The molecule has 6 heteroatoms. The predicted molar refractivity (Wildman–Crippen MR) is 144 cm³/mol. The fraction of sp³-hybridized carbons (Fsp3) is 1.00. The fourth-order valence-corrected chi connectivity index (χ4v) is 4.89. The van der Waals surface area contributed by atoms with Crippen molar-refractivity contribution >= 4 is 10.4 Å². The first kappa shape index (κ1) is 35.0. The lowest BCUT2D eigenvalue weighted by molar-refractivity contribution is 0.142. The second-order valence-corrected chi connectivity index (χ2v) is 10.4. The summed E-state index contributed by atoms with van der Waals surface area (Å²) in [6, 6.07) is 0. The van der Waals surface area contributed by atoms with E-state index < -0.39 is 10.4 Å². The molecule has 0 aliphatic heterocycles. The van der Waals surface area contributed by atoms with Gasteiger partial charge in [0.25, 0.3) is 0 Å². The molecule has 0 spiro atoms. The first-order valence-electron chi connectivity index (χ1n) is 14.2. The lowest BCUT2D eigenvalue weighted by Gasteiger charge is -2.15. The molecule has 0 amide bonds. The molecule has 33 heavy (non-hydrogen) atoms. The Morgan fingerprint density at radius 3 is 1.33 bits per heavy atom. The normalized spacial score (nSPS) is 12.4. The maximum atomic E-state index is 11.9. The van der Waals surface area contributed by atoms with Crippen LogP contribution in [0.2, 0.25) is 0 Å². The maximum absolute atomic E-state index is 11.9. The van der Waals surface area contributed by atoms with Gasteiger partial charge >= 0.3 is 10.4 Å². The standard InChI is InChI=1S/C26H54O4S.CH5N/c1-4-7-9-10-11-12-13-14-15-16-17-18-19-20-21-23-25-29-31(27,28)30-26(6-3)24-22-8-5-2;1-2/h26H,4-25H2,1-3H3;2H2,1H3. The zero-order valence-electron chi connectivity index (χ0n) is 22.8. The molecule has 202 valence electrons. The van der Waals surface area contributed by atoms with Crippen LogP contribution in [0, 0.1) is 0 Å². The van der Waals surface area contributed by atoms with Crippen LogP contribution in [0.1, 0.15) is 156 Å². The lowest BCUT2D eigenvalue weighted by Crippen LogP contribution is -2.20. The number of unbranched alkanes of at least 4 members (excludes halogenated alkanes) is 17. The summed E-state index contributed by atoms with van der Waals surface area (Å²) in [6.07, 6.45) is 25.3. The molecular formula is C27H59NO4S. The van der Waals surface area contributed by atoms with Gasteiger partial charge in [-0.2, -0.15) is 8.42 Å². The van der Waals surface area contributed by atoms with Crippen LogP contribution >= 0.6 is 0 Å². The van der Waals surface area contributed by atoms with E-state index in [1.54, 1.807) is 0 Å². The first-order chi connectivity index (χ1) is 16.1. The smallest absolute Gasteiger partial charge is 0.333 e. The minimum absolute atomic E-state index is 0.242. The Labute approximate surface area is 208 Å². The summed E-state index contributed by atoms with van der Waals surface area (Å²) in [5, 5.41) is 0. The van der Waals surface area contributed by atoms with Crippen molar-refractivity contribution in [3.8, 4) is 0 Å². The molecule has 5 nitrogen and oxygen atoms in total. The van der Waals surface area contributed by atoms with Crippen LogP contribution in [-0.2, 0) is 18.8 Å². The average Bonchev–Trinajstić information content (AvgIpc) is 2.81. The van der Waals surface area contributed by atoms with Crippen molar-refractivity contribution < 1.29 is 16.8 Å². The second-order valence-electron chi connectivity index (χ2n) is 9.16. The zero-order valence-corrected chi connectivity index (χ0v) is 23.6. The molecule has 0 saturated carbocycles. The Bertz CT molecular complexity index is 457. The highest BCUT2D eigenvalue weighted by Crippen LogP contribution is 2.16. The molecule has 0 aliphatic rings. The van der Waals surface area contributed by atoms with Gasteiger partial charge in [0, 0.05) is 0 Å². The SMILES string of the molecule is CCCCCCCCCCCCCCCCCCOS(=O)(=O)OC(CC)CCCCC.CN. The summed E-state index contributed by atoms with van der Waals surface area (Å²) in [5.41, 5.74) is 4.50. The van der Waals surface area contributed by atoms with Crippen molar-refractivity contribution in [3.05, 3.63) is 0 Å². The third kappa shape index (κ3) is 28.0. The van der Waals surface area contributed by atoms with Gasteiger partial charge < -0.3 is 5.73 Å². The molecule has 0 aromatic carbocycles. The van der Waals surface area contributed by atoms with Crippen LogP contribution in [0.25, 0.3) is 0 Å². The van der Waals surface area contributed by atoms with Gasteiger partial charge in [-0.1, -0.05) is 136 Å². The summed E-state index contributed by atoms with van der Waals surface area (Å²) >= 11 is 0. The molecule has 1 unspecified atom stereocenters. The van der Waals surface area contributed by atoms with Crippen LogP contribution < -0.4 is 5.73 Å². The highest BCUT2D eigenvalue weighted by Gasteiger charge is 2.18. The van der Waals surface area contributed by atoms with E-state index in [0.29, 0.717) is 6.42 Å². The number of rotatable bonds is 25. The van der Waals surface area contributed by atoms with Crippen molar-refractivity contribution in [3.63, 3.8) is 0 Å². The quantitative estimate of drug-likeness (QED) is 0.129. The number of hydrogen-bond donors (Lipinski definition) is 1. The Morgan fingerprint density at radius 1 is 0.576 bits per heavy atom. The highest BCUT2D eigenvalue weighted by atomic mass is 32.3. The molecule has 0 aromatic rings.